The fraction of sp³-hybridized carbons (Fsp3) is 0.400. The third kappa shape index (κ3) is 10.5. The monoisotopic (exact) mass is 323 g/mol. The molecule has 1 heterocycles. The second kappa shape index (κ2) is 8.84. The molecule has 0 amide bonds. The maximum Gasteiger partial charge on any atom is 0.303 e. The Morgan fingerprint density at radius 1 is 1.32 bits per heavy atom. The standard InChI is InChI=1S/C13H17NO3Si.C2H4O2/c1-10(15)17-9-12-7-11(13(16)8-14-12)5-6-18(2,3)4;1-2(3)4/h7-8,16H,9H2,1-4H3;1H3,(H,3,4). The van der Waals surface area contributed by atoms with Crippen LogP contribution in [0, 0.1) is 11.5 Å². The Labute approximate surface area is 131 Å². The molecule has 0 aliphatic heterocycles. The highest BCUT2D eigenvalue weighted by molar-refractivity contribution is 6.83. The molecule has 0 aliphatic carbocycles. The maximum atomic E-state index is 10.7. The lowest BCUT2D eigenvalue weighted by atomic mass is 10.2. The molecule has 0 saturated carbocycles. The lowest BCUT2D eigenvalue weighted by Gasteiger charge is -2.05. The van der Waals surface area contributed by atoms with Crippen molar-refractivity contribution >= 4 is 20.0 Å². The molecule has 6 nitrogen and oxygen atoms in total. The summed E-state index contributed by atoms with van der Waals surface area (Å²) in [5.74, 6) is 1.82. The molecular weight excluding hydrogens is 302 g/mol. The predicted octanol–water partition coefficient (Wildman–Crippen LogP) is 2.17. The average molecular weight is 323 g/mol. The first-order valence-electron chi connectivity index (χ1n) is 6.55. The lowest BCUT2D eigenvalue weighted by Crippen LogP contribution is -2.16. The van der Waals surface area contributed by atoms with Crippen LogP contribution in [0.2, 0.25) is 19.6 Å². The molecule has 7 heteroatoms. The van der Waals surface area contributed by atoms with Crippen LogP contribution < -0.4 is 0 Å². The van der Waals surface area contributed by atoms with Crippen molar-refractivity contribution in [2.24, 2.45) is 0 Å². The molecule has 1 aromatic rings. The predicted molar refractivity (Wildman–Crippen MR) is 84.9 cm³/mol. The minimum absolute atomic E-state index is 0.0484. The van der Waals surface area contributed by atoms with Crippen molar-refractivity contribution in [1.82, 2.24) is 4.98 Å². The first-order valence-corrected chi connectivity index (χ1v) is 10.0. The number of nitrogens with zero attached hydrogens (tertiary/aromatic N) is 1. The zero-order chi connectivity index (χ0) is 17.3. The van der Waals surface area contributed by atoms with Gasteiger partial charge in [-0.25, -0.2) is 0 Å². The third-order valence-electron chi connectivity index (χ3n) is 1.94. The molecule has 0 radical (unpaired) electrons. The number of carboxylic acids is 1. The largest absolute Gasteiger partial charge is 0.505 e. The molecule has 0 aliphatic rings. The number of carbonyl (C=O) groups is 2. The van der Waals surface area contributed by atoms with Gasteiger partial charge >= 0.3 is 5.97 Å². The Kier molecular flexibility index (Phi) is 7.91. The lowest BCUT2D eigenvalue weighted by molar-refractivity contribution is -0.142. The Bertz CT molecular complexity index is 592. The van der Waals surface area contributed by atoms with Crippen LogP contribution >= 0.6 is 0 Å². The van der Waals surface area contributed by atoms with Crippen LogP contribution in [-0.2, 0) is 20.9 Å². The van der Waals surface area contributed by atoms with Gasteiger partial charge < -0.3 is 14.9 Å². The molecule has 1 aromatic heterocycles. The van der Waals surface area contributed by atoms with Crippen molar-refractivity contribution in [2.45, 2.75) is 40.1 Å². The van der Waals surface area contributed by atoms with Crippen molar-refractivity contribution in [2.75, 3.05) is 0 Å². The summed E-state index contributed by atoms with van der Waals surface area (Å²) in [4.78, 5) is 23.7. The molecule has 0 unspecified atom stereocenters. The van der Waals surface area contributed by atoms with E-state index in [-0.39, 0.29) is 18.3 Å². The Balaban J connectivity index is 0.000000980. The van der Waals surface area contributed by atoms with Crippen LogP contribution in [0.25, 0.3) is 0 Å². The highest BCUT2D eigenvalue weighted by Gasteiger charge is 2.09. The molecule has 0 aromatic carbocycles. The van der Waals surface area contributed by atoms with Crippen molar-refractivity contribution < 1.29 is 24.5 Å². The summed E-state index contributed by atoms with van der Waals surface area (Å²) in [5, 5.41) is 17.1. The van der Waals surface area contributed by atoms with E-state index in [0.717, 1.165) is 6.92 Å². The van der Waals surface area contributed by atoms with Crippen molar-refractivity contribution in [1.29, 1.82) is 0 Å². The van der Waals surface area contributed by atoms with Crippen molar-refractivity contribution in [3.8, 4) is 17.2 Å². The molecule has 0 spiro atoms. The molecule has 1 rings (SSSR count). The highest BCUT2D eigenvalue weighted by Crippen LogP contribution is 2.16. The first-order chi connectivity index (χ1) is 10.0. The minimum Gasteiger partial charge on any atom is -0.505 e. The number of aliphatic carboxylic acids is 1. The first kappa shape index (κ1) is 19.7. The van der Waals surface area contributed by atoms with Gasteiger partial charge in [0.1, 0.15) is 20.4 Å². The van der Waals surface area contributed by atoms with E-state index in [1.54, 1.807) is 6.07 Å². The number of rotatable bonds is 2. The smallest absolute Gasteiger partial charge is 0.303 e. The van der Waals surface area contributed by atoms with Gasteiger partial charge in [0.2, 0.25) is 0 Å². The van der Waals surface area contributed by atoms with Crippen LogP contribution in [0.3, 0.4) is 0 Å². The summed E-state index contributed by atoms with van der Waals surface area (Å²) in [5.41, 5.74) is 4.26. The molecule has 0 bridgehead atoms. The van der Waals surface area contributed by atoms with Gasteiger partial charge in [0.15, 0.2) is 0 Å². The third-order valence-corrected chi connectivity index (χ3v) is 2.81. The van der Waals surface area contributed by atoms with E-state index in [9.17, 15) is 9.90 Å². The SMILES string of the molecule is CC(=O)O.CC(=O)OCc1cc(C#C[Si](C)(C)C)c(O)cn1. The quantitative estimate of drug-likeness (QED) is 0.492. The zero-order valence-electron chi connectivity index (χ0n) is 13.4. The molecule has 0 fully saturated rings. The van der Waals surface area contributed by atoms with E-state index in [1.807, 2.05) is 0 Å². The summed E-state index contributed by atoms with van der Waals surface area (Å²) < 4.78 is 4.85. The number of hydrogen-bond donors (Lipinski definition) is 2. The van der Waals surface area contributed by atoms with E-state index in [1.165, 1.54) is 13.1 Å². The fourth-order valence-electron chi connectivity index (χ4n) is 1.10. The van der Waals surface area contributed by atoms with Gasteiger partial charge in [-0.3, -0.25) is 14.6 Å². The average Bonchev–Trinajstić information content (AvgIpc) is 2.34. The van der Waals surface area contributed by atoms with E-state index in [2.05, 4.69) is 36.1 Å². The molecule has 2 N–H and O–H groups in total. The number of esters is 1. The fourth-order valence-corrected chi connectivity index (χ4v) is 1.61. The van der Waals surface area contributed by atoms with E-state index in [0.29, 0.717) is 11.3 Å². The van der Waals surface area contributed by atoms with Gasteiger partial charge in [-0.05, 0) is 6.07 Å². The molecule has 0 saturated heterocycles. The number of carbonyl (C=O) groups excluding carboxylic acids is 1. The zero-order valence-corrected chi connectivity index (χ0v) is 14.4. The second-order valence-electron chi connectivity index (χ2n) is 5.49. The van der Waals surface area contributed by atoms with E-state index in [4.69, 9.17) is 14.6 Å². The van der Waals surface area contributed by atoms with Crippen molar-refractivity contribution in [3.05, 3.63) is 23.5 Å². The molecule has 22 heavy (non-hydrogen) atoms. The Morgan fingerprint density at radius 2 is 1.86 bits per heavy atom. The van der Waals surface area contributed by atoms with Crippen molar-refractivity contribution in [3.63, 3.8) is 0 Å². The summed E-state index contributed by atoms with van der Waals surface area (Å²) in [6.45, 7) is 8.89. The minimum atomic E-state index is -1.49. The van der Waals surface area contributed by atoms with Crippen LogP contribution in [0.4, 0.5) is 0 Å². The number of carboxylic acid groups (broad SMARTS) is 1. The van der Waals surface area contributed by atoms with Gasteiger partial charge in [0.05, 0.1) is 17.5 Å². The summed E-state index contributed by atoms with van der Waals surface area (Å²) in [7, 11) is -1.49. The normalized spacial score (nSPS) is 9.68. The molecular formula is C15H21NO5Si. The Hall–Kier alpha value is -2.33. The summed E-state index contributed by atoms with van der Waals surface area (Å²) in [6.07, 6.45) is 1.33. The van der Waals surface area contributed by atoms with Gasteiger partial charge in [0, 0.05) is 13.8 Å². The molecule has 0 atom stereocenters. The van der Waals surface area contributed by atoms with Gasteiger partial charge in [-0.2, -0.15) is 0 Å². The Morgan fingerprint density at radius 3 is 2.32 bits per heavy atom. The highest BCUT2D eigenvalue weighted by atomic mass is 28.3. The van der Waals surface area contributed by atoms with Gasteiger partial charge in [0.25, 0.3) is 5.97 Å². The van der Waals surface area contributed by atoms with Gasteiger partial charge in [-0.1, -0.05) is 25.6 Å². The van der Waals surface area contributed by atoms with Crippen LogP contribution in [0.15, 0.2) is 12.3 Å². The number of pyridine rings is 1. The number of ether oxygens (including phenoxy) is 1. The second-order valence-corrected chi connectivity index (χ2v) is 10.2. The van der Waals surface area contributed by atoms with E-state index < -0.39 is 14.0 Å². The number of hydrogen-bond acceptors (Lipinski definition) is 5. The summed E-state index contributed by atoms with van der Waals surface area (Å²) in [6, 6.07) is 1.64. The van der Waals surface area contributed by atoms with Crippen LogP contribution in [0.1, 0.15) is 25.1 Å². The van der Waals surface area contributed by atoms with Crippen LogP contribution in [-0.4, -0.2) is 35.2 Å². The van der Waals surface area contributed by atoms with Crippen LogP contribution in [0.5, 0.6) is 5.75 Å². The molecule has 120 valence electrons. The summed E-state index contributed by atoms with van der Waals surface area (Å²) >= 11 is 0. The van der Waals surface area contributed by atoms with E-state index >= 15 is 0 Å². The number of aromatic hydroxyl groups is 1. The van der Waals surface area contributed by atoms with Gasteiger partial charge in [-0.15, -0.1) is 5.54 Å². The topological polar surface area (TPSA) is 96.7 Å². The maximum absolute atomic E-state index is 10.7. The number of aromatic nitrogens is 1.